The van der Waals surface area contributed by atoms with E-state index in [1.54, 1.807) is 0 Å². The van der Waals surface area contributed by atoms with Crippen molar-refractivity contribution in [3.8, 4) is 6.07 Å². The highest BCUT2D eigenvalue weighted by Crippen LogP contribution is 2.34. The number of nitriles is 1. The molecule has 0 saturated carbocycles. The van der Waals surface area contributed by atoms with E-state index in [1.165, 1.54) is 6.07 Å². The van der Waals surface area contributed by atoms with Gasteiger partial charge in [0.2, 0.25) is 0 Å². The van der Waals surface area contributed by atoms with Gasteiger partial charge in [-0.25, -0.2) is 4.39 Å². The quantitative estimate of drug-likeness (QED) is 0.664. The summed E-state index contributed by atoms with van der Waals surface area (Å²) in [5, 5.41) is 10.3. The van der Waals surface area contributed by atoms with E-state index in [2.05, 4.69) is 36.7 Å². The molecule has 0 bridgehead atoms. The summed E-state index contributed by atoms with van der Waals surface area (Å²) >= 11 is 0. The average Bonchev–Trinajstić information content (AvgIpc) is 2.91. The highest BCUT2D eigenvalue weighted by Gasteiger charge is 2.22. The molecule has 1 aromatic heterocycles. The van der Waals surface area contributed by atoms with E-state index in [9.17, 15) is 9.65 Å². The second-order valence-corrected chi connectivity index (χ2v) is 7.72. The van der Waals surface area contributed by atoms with Crippen LogP contribution >= 0.6 is 0 Å². The highest BCUT2D eigenvalue weighted by atomic mass is 19.1. The molecule has 3 heteroatoms. The fourth-order valence-electron chi connectivity index (χ4n) is 4.20. The Morgan fingerprint density at radius 3 is 2.85 bits per heavy atom. The minimum Gasteiger partial charge on any atom is -0.357 e. The van der Waals surface area contributed by atoms with Crippen LogP contribution in [0.3, 0.4) is 0 Å². The van der Waals surface area contributed by atoms with Crippen LogP contribution in [0.5, 0.6) is 0 Å². The molecule has 2 aromatic rings. The molecular weight excluding hydrogens is 323 g/mol. The lowest BCUT2D eigenvalue weighted by Crippen LogP contribution is -2.14. The summed E-state index contributed by atoms with van der Waals surface area (Å²) in [5.74, 6) is 1.16. The number of allylic oxidation sites excluding steroid dienone is 3. The van der Waals surface area contributed by atoms with Gasteiger partial charge in [-0.05, 0) is 74.5 Å². The number of H-pyrrole nitrogens is 1. The van der Waals surface area contributed by atoms with Crippen LogP contribution in [0.4, 0.5) is 4.39 Å². The van der Waals surface area contributed by atoms with Gasteiger partial charge in [-0.15, -0.1) is 6.58 Å². The maximum Gasteiger partial charge on any atom is 0.128 e. The van der Waals surface area contributed by atoms with Crippen molar-refractivity contribution in [2.24, 2.45) is 17.8 Å². The molecule has 3 atom stereocenters. The van der Waals surface area contributed by atoms with Crippen LogP contribution in [0.2, 0.25) is 0 Å². The van der Waals surface area contributed by atoms with Crippen LogP contribution in [-0.4, -0.2) is 4.98 Å². The number of aryl methyl sites for hydroxylation is 2. The second kappa shape index (κ2) is 7.50. The standard InChI is InChI=1S/C23H27FN2/c1-5-18-8-6-7-17(10-9-14(18)2)11-20-21(24)12-19(13-25)23-22(20)15(3)16(4)26-23/h5-6,8,12,14,17-18,26H,1,7,9-11H2,2-4H3. The molecule has 3 rings (SSSR count). The Hall–Kier alpha value is -2.34. The molecule has 1 aliphatic carbocycles. The van der Waals surface area contributed by atoms with Crippen LogP contribution < -0.4 is 0 Å². The molecule has 0 fully saturated rings. The summed E-state index contributed by atoms with van der Waals surface area (Å²) in [6.07, 6.45) is 10.4. The third-order valence-electron chi connectivity index (χ3n) is 6.03. The number of fused-ring (bicyclic) bond motifs is 1. The van der Waals surface area contributed by atoms with Crippen molar-refractivity contribution < 1.29 is 4.39 Å². The summed E-state index contributed by atoms with van der Waals surface area (Å²) in [6, 6.07) is 3.52. The predicted molar refractivity (Wildman–Crippen MR) is 105 cm³/mol. The fourth-order valence-corrected chi connectivity index (χ4v) is 4.20. The van der Waals surface area contributed by atoms with Crippen molar-refractivity contribution >= 4 is 10.9 Å². The lowest BCUT2D eigenvalue weighted by molar-refractivity contribution is 0.365. The van der Waals surface area contributed by atoms with Gasteiger partial charge in [-0.2, -0.15) is 5.26 Å². The van der Waals surface area contributed by atoms with E-state index in [0.29, 0.717) is 29.7 Å². The van der Waals surface area contributed by atoms with Crippen molar-refractivity contribution in [2.75, 3.05) is 0 Å². The van der Waals surface area contributed by atoms with Gasteiger partial charge in [-0.3, -0.25) is 0 Å². The molecule has 0 spiro atoms. The molecule has 0 aliphatic heterocycles. The Bertz CT molecular complexity index is 897. The number of benzene rings is 1. The number of halogens is 1. The van der Waals surface area contributed by atoms with Crippen LogP contribution in [-0.2, 0) is 6.42 Å². The molecule has 0 amide bonds. The first-order valence-corrected chi connectivity index (χ1v) is 9.45. The van der Waals surface area contributed by atoms with Gasteiger partial charge < -0.3 is 4.98 Å². The van der Waals surface area contributed by atoms with E-state index < -0.39 is 0 Å². The van der Waals surface area contributed by atoms with Crippen LogP contribution in [0.1, 0.15) is 48.6 Å². The topological polar surface area (TPSA) is 39.6 Å². The lowest BCUT2D eigenvalue weighted by Gasteiger charge is -2.25. The number of nitrogens with one attached hydrogen (secondary N) is 1. The van der Waals surface area contributed by atoms with Crippen molar-refractivity contribution in [2.45, 2.75) is 46.5 Å². The van der Waals surface area contributed by atoms with Gasteiger partial charge in [0.15, 0.2) is 0 Å². The molecule has 1 aromatic carbocycles. The van der Waals surface area contributed by atoms with E-state index in [-0.39, 0.29) is 5.82 Å². The van der Waals surface area contributed by atoms with Crippen LogP contribution in [0.25, 0.3) is 10.9 Å². The van der Waals surface area contributed by atoms with Crippen LogP contribution in [0.15, 0.2) is 30.9 Å². The SMILES string of the molecule is C=CC1C=CCC(Cc2c(F)cc(C#N)c3[nH]c(C)c(C)c23)CCC1C. The normalized spacial score (nSPS) is 23.4. The second-order valence-electron chi connectivity index (χ2n) is 7.72. The maximum absolute atomic E-state index is 14.9. The van der Waals surface area contributed by atoms with Gasteiger partial charge in [-0.1, -0.05) is 25.2 Å². The number of aromatic nitrogens is 1. The van der Waals surface area contributed by atoms with Gasteiger partial charge in [0.1, 0.15) is 11.9 Å². The lowest BCUT2D eigenvalue weighted by atomic mass is 9.80. The predicted octanol–water partition coefficient (Wildman–Crippen LogP) is 6.13. The molecule has 1 N–H and O–H groups in total. The Morgan fingerprint density at radius 1 is 1.38 bits per heavy atom. The molecule has 3 unspecified atom stereocenters. The summed E-state index contributed by atoms with van der Waals surface area (Å²) in [4.78, 5) is 3.28. The van der Waals surface area contributed by atoms with Gasteiger partial charge in [0.25, 0.3) is 0 Å². The molecule has 26 heavy (non-hydrogen) atoms. The Labute approximate surface area is 155 Å². The van der Waals surface area contributed by atoms with Crippen molar-refractivity contribution in [1.82, 2.24) is 4.98 Å². The number of rotatable bonds is 3. The van der Waals surface area contributed by atoms with E-state index in [4.69, 9.17) is 0 Å². The van der Waals surface area contributed by atoms with E-state index >= 15 is 0 Å². The van der Waals surface area contributed by atoms with Gasteiger partial charge >= 0.3 is 0 Å². The molecule has 0 radical (unpaired) electrons. The van der Waals surface area contributed by atoms with E-state index in [1.807, 2.05) is 19.9 Å². The molecule has 1 aliphatic rings. The molecule has 2 nitrogen and oxygen atoms in total. The minimum absolute atomic E-state index is 0.251. The van der Waals surface area contributed by atoms with Crippen molar-refractivity contribution in [3.05, 3.63) is 59.1 Å². The van der Waals surface area contributed by atoms with Gasteiger partial charge in [0.05, 0.1) is 11.1 Å². The Morgan fingerprint density at radius 2 is 2.15 bits per heavy atom. The van der Waals surface area contributed by atoms with Crippen molar-refractivity contribution in [1.29, 1.82) is 5.26 Å². The fraction of sp³-hybridized carbons (Fsp3) is 0.435. The third kappa shape index (κ3) is 3.33. The summed E-state index contributed by atoms with van der Waals surface area (Å²) in [6.45, 7) is 10.2. The molecule has 1 heterocycles. The summed E-state index contributed by atoms with van der Waals surface area (Å²) < 4.78 is 14.9. The zero-order chi connectivity index (χ0) is 18.8. The maximum atomic E-state index is 14.9. The number of nitrogens with zero attached hydrogens (tertiary/aromatic N) is 1. The molecular formula is C23H27FN2. The number of hydrogen-bond donors (Lipinski definition) is 1. The zero-order valence-electron chi connectivity index (χ0n) is 15.9. The largest absolute Gasteiger partial charge is 0.357 e. The molecule has 0 saturated heterocycles. The first-order valence-electron chi connectivity index (χ1n) is 9.45. The molecule has 136 valence electrons. The van der Waals surface area contributed by atoms with Crippen LogP contribution in [0, 0.1) is 48.7 Å². The first-order chi connectivity index (χ1) is 12.5. The van der Waals surface area contributed by atoms with E-state index in [0.717, 1.165) is 47.0 Å². The average molecular weight is 350 g/mol. The summed E-state index contributed by atoms with van der Waals surface area (Å²) in [5.41, 5.74) is 3.97. The number of hydrogen-bond acceptors (Lipinski definition) is 1. The smallest absolute Gasteiger partial charge is 0.128 e. The van der Waals surface area contributed by atoms with Crippen molar-refractivity contribution in [3.63, 3.8) is 0 Å². The first kappa shape index (κ1) is 18.5. The third-order valence-corrected chi connectivity index (χ3v) is 6.03. The Kier molecular flexibility index (Phi) is 5.32. The summed E-state index contributed by atoms with van der Waals surface area (Å²) in [7, 11) is 0. The zero-order valence-corrected chi connectivity index (χ0v) is 15.9. The monoisotopic (exact) mass is 350 g/mol. The Balaban J connectivity index is 1.98. The number of aromatic amines is 1. The minimum atomic E-state index is -0.251. The van der Waals surface area contributed by atoms with Gasteiger partial charge in [0, 0.05) is 11.1 Å². The highest BCUT2D eigenvalue weighted by molar-refractivity contribution is 5.92.